The van der Waals surface area contributed by atoms with Gasteiger partial charge in [0.1, 0.15) is 5.60 Å². The van der Waals surface area contributed by atoms with Crippen LogP contribution in [0.2, 0.25) is 0 Å². The fraction of sp³-hybridized carbons (Fsp3) is 0.810. The van der Waals surface area contributed by atoms with Crippen LogP contribution in [0.5, 0.6) is 0 Å². The molecular weight excluding hydrogens is 316 g/mol. The minimum absolute atomic E-state index is 0.0926. The number of hydrogen-bond donors (Lipinski definition) is 2. The summed E-state index contributed by atoms with van der Waals surface area (Å²) in [7, 11) is 0. The summed E-state index contributed by atoms with van der Waals surface area (Å²) in [6, 6.07) is 0. The topological polar surface area (TPSA) is 74.6 Å². The van der Waals surface area contributed by atoms with Gasteiger partial charge in [-0.3, -0.25) is 9.59 Å². The lowest BCUT2D eigenvalue weighted by Gasteiger charge is -2.63. The molecule has 2 N–H and O–H groups in total. The van der Waals surface area contributed by atoms with Gasteiger partial charge in [-0.15, -0.1) is 0 Å². The first kappa shape index (κ1) is 17.4. The number of aliphatic hydroxyl groups is 2. The monoisotopic (exact) mass is 346 g/mol. The minimum atomic E-state index is -1.25. The lowest BCUT2D eigenvalue weighted by molar-refractivity contribution is -0.209. The average molecular weight is 346 g/mol. The zero-order valence-corrected chi connectivity index (χ0v) is 15.6. The number of Topliss-reactive ketones (excluding diaryl/α,β-unsaturated/α-hetero) is 1. The van der Waals surface area contributed by atoms with E-state index in [0.717, 1.165) is 24.8 Å². The molecule has 0 amide bonds. The second kappa shape index (κ2) is 5.04. The smallest absolute Gasteiger partial charge is 0.161 e. The Balaban J connectivity index is 1.76. The van der Waals surface area contributed by atoms with Gasteiger partial charge in [0.05, 0.1) is 5.60 Å². The lowest BCUT2D eigenvalue weighted by atomic mass is 9.44. The van der Waals surface area contributed by atoms with Gasteiger partial charge in [0, 0.05) is 17.3 Å². The number of ketones is 2. The Labute approximate surface area is 149 Å². The molecule has 0 saturated heterocycles. The summed E-state index contributed by atoms with van der Waals surface area (Å²) < 4.78 is 0. The molecule has 0 heterocycles. The van der Waals surface area contributed by atoms with E-state index in [1.54, 1.807) is 6.08 Å². The highest BCUT2D eigenvalue weighted by Gasteiger charge is 2.69. The van der Waals surface area contributed by atoms with E-state index < -0.39 is 16.6 Å². The van der Waals surface area contributed by atoms with E-state index in [9.17, 15) is 19.8 Å². The van der Waals surface area contributed by atoms with Gasteiger partial charge in [0.25, 0.3) is 0 Å². The zero-order chi connectivity index (χ0) is 18.3. The number of rotatable bonds is 1. The quantitative estimate of drug-likeness (QED) is 0.765. The number of carbonyl (C=O) groups excluding carboxylic acids is 2. The van der Waals surface area contributed by atoms with Crippen LogP contribution in [0.1, 0.15) is 72.1 Å². The largest absolute Gasteiger partial charge is 0.389 e. The van der Waals surface area contributed by atoms with E-state index in [2.05, 4.69) is 13.8 Å². The molecule has 0 aliphatic heterocycles. The number of carbonyl (C=O) groups is 2. The zero-order valence-electron chi connectivity index (χ0n) is 15.6. The van der Waals surface area contributed by atoms with E-state index in [4.69, 9.17) is 0 Å². The maximum Gasteiger partial charge on any atom is 0.161 e. The third-order valence-corrected chi connectivity index (χ3v) is 8.88. The van der Waals surface area contributed by atoms with Crippen LogP contribution in [-0.4, -0.2) is 33.0 Å². The summed E-state index contributed by atoms with van der Waals surface area (Å²) in [4.78, 5) is 24.1. The fourth-order valence-corrected chi connectivity index (χ4v) is 7.10. The maximum atomic E-state index is 12.2. The van der Waals surface area contributed by atoms with Crippen molar-refractivity contribution in [2.24, 2.45) is 22.7 Å². The maximum absolute atomic E-state index is 12.2. The van der Waals surface area contributed by atoms with Crippen molar-refractivity contribution in [1.29, 1.82) is 0 Å². The summed E-state index contributed by atoms with van der Waals surface area (Å²) in [5.41, 5.74) is -1.76. The van der Waals surface area contributed by atoms with Crippen molar-refractivity contribution < 1.29 is 19.8 Å². The third kappa shape index (κ3) is 1.90. The minimum Gasteiger partial charge on any atom is -0.389 e. The summed E-state index contributed by atoms with van der Waals surface area (Å²) >= 11 is 0. The number of fused-ring (bicyclic) bond motifs is 5. The van der Waals surface area contributed by atoms with Crippen molar-refractivity contribution >= 4 is 11.6 Å². The van der Waals surface area contributed by atoms with Gasteiger partial charge in [0.15, 0.2) is 11.6 Å². The van der Waals surface area contributed by atoms with Crippen molar-refractivity contribution in [2.45, 2.75) is 83.3 Å². The third-order valence-electron chi connectivity index (χ3n) is 8.88. The van der Waals surface area contributed by atoms with Gasteiger partial charge in [-0.05, 0) is 69.8 Å². The van der Waals surface area contributed by atoms with Crippen LogP contribution in [-0.2, 0) is 9.59 Å². The fourth-order valence-electron chi connectivity index (χ4n) is 7.10. The van der Waals surface area contributed by atoms with Gasteiger partial charge in [-0.25, -0.2) is 0 Å². The van der Waals surface area contributed by atoms with Crippen LogP contribution in [0.25, 0.3) is 0 Å². The molecule has 6 atom stereocenters. The summed E-state index contributed by atoms with van der Waals surface area (Å²) in [5, 5.41) is 23.0. The molecule has 4 aliphatic carbocycles. The van der Waals surface area contributed by atoms with E-state index >= 15 is 0 Å². The Morgan fingerprint density at radius 2 is 1.76 bits per heavy atom. The van der Waals surface area contributed by atoms with Crippen molar-refractivity contribution in [1.82, 2.24) is 0 Å². The van der Waals surface area contributed by atoms with Crippen LogP contribution >= 0.6 is 0 Å². The molecular formula is C21H30O4. The molecule has 0 bridgehead atoms. The first-order chi connectivity index (χ1) is 11.6. The summed E-state index contributed by atoms with van der Waals surface area (Å²) in [6.07, 6.45) is 7.27. The van der Waals surface area contributed by atoms with Crippen molar-refractivity contribution in [3.8, 4) is 0 Å². The van der Waals surface area contributed by atoms with Crippen LogP contribution < -0.4 is 0 Å². The normalized spacial score (nSPS) is 52.0. The molecule has 4 heteroatoms. The molecule has 1 unspecified atom stereocenters. The second-order valence-corrected chi connectivity index (χ2v) is 9.52. The molecule has 3 saturated carbocycles. The molecule has 0 aromatic carbocycles. The molecule has 4 rings (SSSR count). The van der Waals surface area contributed by atoms with E-state index in [0.29, 0.717) is 32.1 Å². The van der Waals surface area contributed by atoms with Gasteiger partial charge >= 0.3 is 0 Å². The summed E-state index contributed by atoms with van der Waals surface area (Å²) in [6.45, 7) is 5.69. The summed E-state index contributed by atoms with van der Waals surface area (Å²) in [5.74, 6) is 0.307. The molecule has 4 nitrogen and oxygen atoms in total. The number of hydrogen-bond acceptors (Lipinski definition) is 4. The molecule has 0 radical (unpaired) electrons. The average Bonchev–Trinajstić information content (AvgIpc) is 2.83. The molecule has 0 aromatic rings. The van der Waals surface area contributed by atoms with Gasteiger partial charge in [0.2, 0.25) is 0 Å². The Morgan fingerprint density at radius 1 is 1.04 bits per heavy atom. The van der Waals surface area contributed by atoms with Crippen LogP contribution in [0.3, 0.4) is 0 Å². The van der Waals surface area contributed by atoms with E-state index in [-0.39, 0.29) is 28.8 Å². The highest BCUT2D eigenvalue weighted by molar-refractivity contribution is 5.91. The van der Waals surface area contributed by atoms with Crippen molar-refractivity contribution in [3.63, 3.8) is 0 Å². The Morgan fingerprint density at radius 3 is 2.44 bits per heavy atom. The SMILES string of the molecule is CC(=O)C1(O)CC[C@H]2[C@@H]3CCC4=CC(=O)CC[C@]4(C)[C@]3(O)CC[C@@]21C. The standard InChI is InChI=1S/C21H30O4/c1-13(22)20(24)9-7-16-17-5-4-14-12-15(23)6-8-18(14,2)21(17,25)11-10-19(16,20)3/h12,16-17,24-25H,4-11H2,1-3H3/t16-,17-,18-,19-,20?,21-/m0/s1. The molecule has 138 valence electrons. The molecule has 4 aliphatic rings. The Bertz CT molecular complexity index is 681. The van der Waals surface area contributed by atoms with Gasteiger partial charge in [-0.2, -0.15) is 0 Å². The highest BCUT2D eigenvalue weighted by Crippen LogP contribution is 2.69. The lowest BCUT2D eigenvalue weighted by Crippen LogP contribution is -2.65. The highest BCUT2D eigenvalue weighted by atomic mass is 16.3. The molecule has 0 aromatic heterocycles. The van der Waals surface area contributed by atoms with E-state index in [1.807, 2.05) is 0 Å². The molecule has 0 spiro atoms. The van der Waals surface area contributed by atoms with E-state index in [1.165, 1.54) is 6.92 Å². The van der Waals surface area contributed by atoms with Crippen molar-refractivity contribution in [2.75, 3.05) is 0 Å². The van der Waals surface area contributed by atoms with Crippen molar-refractivity contribution in [3.05, 3.63) is 11.6 Å². The van der Waals surface area contributed by atoms with Crippen LogP contribution in [0.4, 0.5) is 0 Å². The molecule has 25 heavy (non-hydrogen) atoms. The predicted molar refractivity (Wildman–Crippen MR) is 93.8 cm³/mol. The Kier molecular flexibility index (Phi) is 3.51. The molecule has 3 fully saturated rings. The second-order valence-electron chi connectivity index (χ2n) is 9.52. The Hall–Kier alpha value is -1.00. The van der Waals surface area contributed by atoms with Crippen LogP contribution in [0, 0.1) is 22.7 Å². The first-order valence-corrected chi connectivity index (χ1v) is 9.78. The predicted octanol–water partition coefficient (Wildman–Crippen LogP) is 2.95. The van der Waals surface area contributed by atoms with Gasteiger partial charge in [-0.1, -0.05) is 19.4 Å². The van der Waals surface area contributed by atoms with Crippen LogP contribution in [0.15, 0.2) is 11.6 Å². The first-order valence-electron chi connectivity index (χ1n) is 9.78. The van der Waals surface area contributed by atoms with Gasteiger partial charge < -0.3 is 10.2 Å².